The summed E-state index contributed by atoms with van der Waals surface area (Å²) in [7, 11) is 7.55. The van der Waals surface area contributed by atoms with E-state index in [-0.39, 0.29) is 23.4 Å². The van der Waals surface area contributed by atoms with Gasteiger partial charge in [0, 0.05) is 62.4 Å². The number of nitrogens with one attached hydrogen (secondary N) is 1. The average Bonchev–Trinajstić information content (AvgIpc) is 3.75. The van der Waals surface area contributed by atoms with Crippen molar-refractivity contribution < 1.29 is 23.1 Å². The number of anilines is 2. The van der Waals surface area contributed by atoms with Gasteiger partial charge in [0.2, 0.25) is 5.91 Å². The van der Waals surface area contributed by atoms with E-state index < -0.39 is 17.5 Å². The lowest BCUT2D eigenvalue weighted by molar-refractivity contribution is -0.138. The van der Waals surface area contributed by atoms with E-state index >= 15 is 0 Å². The average molecular weight is 811 g/mol. The highest BCUT2D eigenvalue weighted by Crippen LogP contribution is 2.40. The molecule has 2 aliphatic rings. The largest absolute Gasteiger partial charge is 0.497 e. The second-order valence-electron chi connectivity index (χ2n) is 15.3. The van der Waals surface area contributed by atoms with Crippen LogP contribution >= 0.6 is 0 Å². The number of ether oxygens (including phenoxy) is 1. The predicted molar refractivity (Wildman–Crippen MR) is 238 cm³/mol. The molecule has 0 saturated carbocycles. The van der Waals surface area contributed by atoms with Crippen molar-refractivity contribution in [2.45, 2.75) is 59.4 Å². The zero-order chi connectivity index (χ0) is 43.1. The van der Waals surface area contributed by atoms with Gasteiger partial charge in [-0.05, 0) is 111 Å². The quantitative estimate of drug-likeness (QED) is 0.148. The van der Waals surface area contributed by atoms with E-state index in [1.54, 1.807) is 20.2 Å². The summed E-state index contributed by atoms with van der Waals surface area (Å²) < 4.78 is 32.9. The molecule has 2 amide bonds. The minimum atomic E-state index is -0.872. The number of nitrogens with two attached hydrogens (primary N) is 1. The van der Waals surface area contributed by atoms with Crippen molar-refractivity contribution in [1.82, 2.24) is 15.1 Å². The second kappa shape index (κ2) is 22.7. The molecule has 0 radical (unpaired) electrons. The lowest BCUT2D eigenvalue weighted by Gasteiger charge is -2.34. The Bertz CT molecular complexity index is 2000. The number of amides is 2. The fourth-order valence-electron chi connectivity index (χ4n) is 7.62. The van der Waals surface area contributed by atoms with Gasteiger partial charge in [-0.2, -0.15) is 0 Å². The fourth-order valence-corrected chi connectivity index (χ4v) is 7.62. The summed E-state index contributed by atoms with van der Waals surface area (Å²) in [6, 6.07) is 27.3. The Morgan fingerprint density at radius 1 is 0.915 bits per heavy atom. The maximum absolute atomic E-state index is 14.2. The maximum Gasteiger partial charge on any atom is 0.261 e. The molecule has 6 rings (SSSR count). The molecule has 11 heteroatoms. The minimum absolute atomic E-state index is 0.153. The molecular formula is C48H64F2N6O3. The lowest BCUT2D eigenvalue weighted by atomic mass is 9.91. The van der Waals surface area contributed by atoms with Crippen LogP contribution in [0.3, 0.4) is 0 Å². The molecule has 4 aromatic carbocycles. The summed E-state index contributed by atoms with van der Waals surface area (Å²) >= 11 is 0. The Labute approximate surface area is 350 Å². The number of hydrogen-bond acceptors (Lipinski definition) is 7. The SMILES string of the molecule is CC.CN/C(=C\N)CN(C)c1cccc(N(CC(C)C)C(=O)c2ccc(F)cc2F)c1.COc1cccc(-c2ccccc2[C@H]2CCCN2C(=O)C2CCN(C)CC2)c1. The van der Waals surface area contributed by atoms with Crippen LogP contribution in [0.25, 0.3) is 11.1 Å². The molecule has 1 atom stereocenters. The highest BCUT2D eigenvalue weighted by atomic mass is 19.1. The van der Waals surface area contributed by atoms with E-state index in [4.69, 9.17) is 10.5 Å². The molecule has 3 N–H and O–H groups in total. The van der Waals surface area contributed by atoms with Crippen LogP contribution in [0.2, 0.25) is 0 Å². The number of halogens is 2. The number of methoxy groups -OCH3 is 1. The predicted octanol–water partition coefficient (Wildman–Crippen LogP) is 9.12. The van der Waals surface area contributed by atoms with Crippen LogP contribution in [0, 0.1) is 23.5 Å². The number of carbonyl (C=O) groups excluding carboxylic acids is 2. The van der Waals surface area contributed by atoms with Gasteiger partial charge in [-0.15, -0.1) is 0 Å². The number of nitrogens with zero attached hydrogens (tertiary/aromatic N) is 4. The number of benzene rings is 4. The van der Waals surface area contributed by atoms with Crippen LogP contribution in [0.15, 0.2) is 103 Å². The summed E-state index contributed by atoms with van der Waals surface area (Å²) in [5, 5.41) is 3.02. The Balaban J connectivity index is 0.000000250. The van der Waals surface area contributed by atoms with E-state index in [0.29, 0.717) is 24.7 Å². The lowest BCUT2D eigenvalue weighted by Crippen LogP contribution is -2.41. The van der Waals surface area contributed by atoms with Crippen molar-refractivity contribution in [3.8, 4) is 16.9 Å². The van der Waals surface area contributed by atoms with E-state index in [1.807, 2.05) is 70.0 Å². The zero-order valence-corrected chi connectivity index (χ0v) is 36.2. The number of likely N-dealkylation sites (tertiary alicyclic amines) is 2. The first kappa shape index (κ1) is 46.3. The van der Waals surface area contributed by atoms with E-state index in [1.165, 1.54) is 28.3 Å². The molecule has 59 heavy (non-hydrogen) atoms. The Hall–Kier alpha value is -5.42. The Kier molecular flexibility index (Phi) is 17.8. The van der Waals surface area contributed by atoms with Gasteiger partial charge in [0.05, 0.1) is 25.3 Å². The molecule has 9 nitrogen and oxygen atoms in total. The first-order valence-corrected chi connectivity index (χ1v) is 20.8. The zero-order valence-electron chi connectivity index (χ0n) is 36.2. The van der Waals surface area contributed by atoms with Gasteiger partial charge < -0.3 is 35.4 Å². The topological polar surface area (TPSA) is 94.4 Å². The molecule has 0 bridgehead atoms. The van der Waals surface area contributed by atoms with Crippen molar-refractivity contribution in [3.63, 3.8) is 0 Å². The molecule has 0 aromatic heterocycles. The van der Waals surface area contributed by atoms with Crippen molar-refractivity contribution in [1.29, 1.82) is 0 Å². The normalized spacial score (nSPS) is 15.7. The third kappa shape index (κ3) is 12.3. The van der Waals surface area contributed by atoms with E-state index in [9.17, 15) is 18.4 Å². The summed E-state index contributed by atoms with van der Waals surface area (Å²) in [6.45, 7) is 11.8. The van der Waals surface area contributed by atoms with E-state index in [2.05, 4.69) is 58.6 Å². The monoisotopic (exact) mass is 811 g/mol. The Morgan fingerprint density at radius 3 is 2.27 bits per heavy atom. The van der Waals surface area contributed by atoms with Gasteiger partial charge in [-0.3, -0.25) is 9.59 Å². The molecule has 2 saturated heterocycles. The molecule has 318 valence electrons. The maximum atomic E-state index is 14.2. The molecule has 2 aliphatic heterocycles. The third-order valence-corrected chi connectivity index (χ3v) is 10.8. The van der Waals surface area contributed by atoms with E-state index in [0.717, 1.165) is 80.1 Å². The van der Waals surface area contributed by atoms with Gasteiger partial charge in [0.25, 0.3) is 5.91 Å². The highest BCUT2D eigenvalue weighted by Gasteiger charge is 2.36. The van der Waals surface area contributed by atoms with Crippen molar-refractivity contribution in [3.05, 3.63) is 126 Å². The molecule has 0 aliphatic carbocycles. The molecule has 0 unspecified atom stereocenters. The van der Waals surface area contributed by atoms with Gasteiger partial charge in [0.1, 0.15) is 17.4 Å². The summed E-state index contributed by atoms with van der Waals surface area (Å²) in [5.74, 6) is -0.543. The highest BCUT2D eigenvalue weighted by molar-refractivity contribution is 6.06. The third-order valence-electron chi connectivity index (χ3n) is 10.8. The van der Waals surface area contributed by atoms with Crippen LogP contribution in [-0.2, 0) is 4.79 Å². The van der Waals surface area contributed by atoms with Crippen LogP contribution in [-0.4, -0.2) is 82.6 Å². The number of rotatable bonds is 12. The smallest absolute Gasteiger partial charge is 0.261 e. The Morgan fingerprint density at radius 2 is 1.61 bits per heavy atom. The summed E-state index contributed by atoms with van der Waals surface area (Å²) in [6.07, 6.45) is 5.59. The van der Waals surface area contributed by atoms with Gasteiger partial charge in [-0.25, -0.2) is 8.78 Å². The molecule has 2 heterocycles. The van der Waals surface area contributed by atoms with Gasteiger partial charge >= 0.3 is 0 Å². The standard InChI is InChI=1S/C24H30N2O2.C22H28F2N4O.C2H6/c1-25-15-12-18(13-16-25)24(27)26-14-6-11-23(26)22-10-4-3-9-21(22)19-7-5-8-20(17-19)28-2;1-15(2)13-28(22(29)20-9-8-16(23)10-21(20)24)19-7-5-6-18(11-19)27(4)14-17(12-25)26-3;1-2/h3-5,7-10,17-18,23H,6,11-16H2,1-2H3;5-12,15,26H,13-14,25H2,1-4H3;1-2H3/b;17-12-;/t23-;;/m1../s1. The fraction of sp³-hybridized carbons (Fsp3) is 0.417. The number of hydrogen-bond donors (Lipinski definition) is 2. The molecule has 4 aromatic rings. The van der Waals surface area contributed by atoms with Gasteiger partial charge in [-0.1, -0.05) is 70.2 Å². The second-order valence-corrected chi connectivity index (χ2v) is 15.3. The van der Waals surface area contributed by atoms with Gasteiger partial charge in [0.15, 0.2) is 0 Å². The van der Waals surface area contributed by atoms with Crippen molar-refractivity contribution in [2.24, 2.45) is 17.6 Å². The van der Waals surface area contributed by atoms with Crippen molar-refractivity contribution in [2.75, 3.05) is 70.8 Å². The summed E-state index contributed by atoms with van der Waals surface area (Å²) in [4.78, 5) is 34.4. The number of likely N-dealkylation sites (N-methyl/N-ethyl adjacent to an activating group) is 2. The summed E-state index contributed by atoms with van der Waals surface area (Å²) in [5.41, 5.74) is 11.4. The van der Waals surface area contributed by atoms with Crippen molar-refractivity contribution >= 4 is 23.2 Å². The minimum Gasteiger partial charge on any atom is -0.497 e. The van der Waals surface area contributed by atoms with Crippen LogP contribution in [0.1, 0.15) is 75.3 Å². The van der Waals surface area contributed by atoms with Crippen LogP contribution < -0.4 is 25.6 Å². The number of carbonyl (C=O) groups is 2. The first-order valence-electron chi connectivity index (χ1n) is 20.8. The molecular weight excluding hydrogens is 747 g/mol. The molecule has 2 fully saturated rings. The van der Waals surface area contributed by atoms with Crippen LogP contribution in [0.5, 0.6) is 5.75 Å². The molecule has 0 spiro atoms. The van der Waals surface area contributed by atoms with Crippen LogP contribution in [0.4, 0.5) is 20.2 Å². The first-order chi connectivity index (χ1) is 28.4. The number of piperidine rings is 1.